The Kier molecular flexibility index (Phi) is 4.07. The summed E-state index contributed by atoms with van der Waals surface area (Å²) in [4.78, 5) is 20.9. The van der Waals surface area contributed by atoms with Crippen molar-refractivity contribution in [3.8, 4) is 5.88 Å². The standard InChI is InChI=1S/C17H17N3O4/c1-4-11-7-12-13(8-18-17(23-3)15(12)24-11)16(21)19-14-5-6-20(22)9-10(14)2/h5-9,22H,4H2,1-3H3. The first kappa shape index (κ1) is 15.8. The molecule has 3 aromatic heterocycles. The average molecular weight is 327 g/mol. The molecule has 1 amide bonds. The lowest BCUT2D eigenvalue weighted by Crippen LogP contribution is -2.13. The van der Waals surface area contributed by atoms with Crippen LogP contribution in [0.1, 0.15) is 28.6 Å². The van der Waals surface area contributed by atoms with Crippen molar-refractivity contribution < 1.29 is 19.2 Å². The van der Waals surface area contributed by atoms with Gasteiger partial charge in [0.2, 0.25) is 0 Å². The summed E-state index contributed by atoms with van der Waals surface area (Å²) in [5.74, 6) is 0.637. The maximum Gasteiger partial charge on any atom is 0.279 e. The molecule has 124 valence electrons. The second-order valence-corrected chi connectivity index (χ2v) is 5.30. The predicted molar refractivity (Wildman–Crippen MR) is 86.2 cm³/mol. The molecule has 0 aliphatic heterocycles. The minimum absolute atomic E-state index is 0.332. The van der Waals surface area contributed by atoms with E-state index in [4.69, 9.17) is 9.15 Å². The molecule has 3 heterocycles. The van der Waals surface area contributed by atoms with E-state index in [1.807, 2.05) is 13.0 Å². The number of furan rings is 1. The quantitative estimate of drug-likeness (QED) is 0.746. The van der Waals surface area contributed by atoms with Crippen molar-refractivity contribution in [3.05, 3.63) is 53.0 Å². The summed E-state index contributed by atoms with van der Waals surface area (Å²) in [6, 6.07) is 3.37. The van der Waals surface area contributed by atoms with Crippen LogP contribution in [0.4, 0.5) is 0 Å². The van der Waals surface area contributed by atoms with Gasteiger partial charge in [0.25, 0.3) is 11.8 Å². The van der Waals surface area contributed by atoms with E-state index >= 15 is 0 Å². The van der Waals surface area contributed by atoms with Gasteiger partial charge in [0.15, 0.2) is 5.58 Å². The highest BCUT2D eigenvalue weighted by atomic mass is 16.5. The Bertz CT molecular complexity index is 985. The van der Waals surface area contributed by atoms with Crippen LogP contribution in [0, 0.1) is 6.92 Å². The monoisotopic (exact) mass is 327 g/mol. The third-order valence-electron chi connectivity index (χ3n) is 3.69. The fourth-order valence-corrected chi connectivity index (χ4v) is 2.42. The van der Waals surface area contributed by atoms with E-state index in [-0.39, 0.29) is 0 Å². The number of fused-ring (bicyclic) bond motifs is 1. The highest BCUT2D eigenvalue weighted by Crippen LogP contribution is 2.30. The molecule has 0 radical (unpaired) electrons. The van der Waals surface area contributed by atoms with Crippen LogP contribution in [0.15, 0.2) is 40.1 Å². The normalized spacial score (nSPS) is 11.9. The van der Waals surface area contributed by atoms with Crippen molar-refractivity contribution in [2.24, 2.45) is 4.99 Å². The molecular formula is C17H17N3O4. The van der Waals surface area contributed by atoms with Gasteiger partial charge in [-0.3, -0.25) is 4.79 Å². The number of hydrogen-bond acceptors (Lipinski definition) is 5. The minimum Gasteiger partial charge on any atom is -0.478 e. The number of amides is 1. The molecule has 0 aliphatic carbocycles. The summed E-state index contributed by atoms with van der Waals surface area (Å²) in [5, 5.41) is 10.5. The molecule has 0 fully saturated rings. The number of hydrogen-bond donors (Lipinski definition) is 1. The first-order valence-corrected chi connectivity index (χ1v) is 7.46. The van der Waals surface area contributed by atoms with Crippen molar-refractivity contribution in [1.82, 2.24) is 9.71 Å². The molecule has 7 nitrogen and oxygen atoms in total. The van der Waals surface area contributed by atoms with Gasteiger partial charge in [0, 0.05) is 30.4 Å². The Morgan fingerprint density at radius 2 is 2.29 bits per heavy atom. The Balaban J connectivity index is 2.15. The third kappa shape index (κ3) is 2.76. The predicted octanol–water partition coefficient (Wildman–Crippen LogP) is 2.49. The van der Waals surface area contributed by atoms with Crippen LogP contribution in [0.5, 0.6) is 5.88 Å². The van der Waals surface area contributed by atoms with Crippen LogP contribution in [0.2, 0.25) is 0 Å². The number of ether oxygens (including phenoxy) is 1. The molecule has 0 saturated carbocycles. The molecule has 3 rings (SSSR count). The van der Waals surface area contributed by atoms with Gasteiger partial charge in [-0.1, -0.05) is 6.92 Å². The number of nitrogens with zero attached hydrogens (tertiary/aromatic N) is 3. The molecule has 0 unspecified atom stereocenters. The van der Waals surface area contributed by atoms with Gasteiger partial charge in [-0.2, -0.15) is 0 Å². The van der Waals surface area contributed by atoms with Crippen LogP contribution < -0.4 is 10.1 Å². The third-order valence-corrected chi connectivity index (χ3v) is 3.69. The topological polar surface area (TPSA) is 89.9 Å². The van der Waals surface area contributed by atoms with Crippen LogP contribution in [-0.2, 0) is 6.42 Å². The molecule has 0 atom stereocenters. The Hall–Kier alpha value is -3.09. The van der Waals surface area contributed by atoms with Gasteiger partial charge in [0.1, 0.15) is 5.76 Å². The Morgan fingerprint density at radius 1 is 1.50 bits per heavy atom. The van der Waals surface area contributed by atoms with Gasteiger partial charge < -0.3 is 14.4 Å². The van der Waals surface area contributed by atoms with Crippen molar-refractivity contribution in [3.63, 3.8) is 0 Å². The summed E-state index contributed by atoms with van der Waals surface area (Å²) in [7, 11) is 1.50. The van der Waals surface area contributed by atoms with Gasteiger partial charge in [0.05, 0.1) is 18.0 Å². The molecule has 1 N–H and O–H groups in total. The molecule has 0 aliphatic rings. The lowest BCUT2D eigenvalue weighted by Gasteiger charge is -2.03. The fourth-order valence-electron chi connectivity index (χ4n) is 2.42. The molecule has 3 aromatic rings. The molecule has 0 aromatic carbocycles. The zero-order valence-electron chi connectivity index (χ0n) is 13.6. The fraction of sp³-hybridized carbons (Fsp3) is 0.235. The lowest BCUT2D eigenvalue weighted by molar-refractivity contribution is 0.0999. The van der Waals surface area contributed by atoms with Crippen LogP contribution in [-0.4, -0.2) is 27.9 Å². The summed E-state index contributed by atoms with van der Waals surface area (Å²) >= 11 is 0. The van der Waals surface area contributed by atoms with Gasteiger partial charge in [-0.25, -0.2) is 14.7 Å². The summed E-state index contributed by atoms with van der Waals surface area (Å²) in [6.45, 7) is 3.72. The Morgan fingerprint density at radius 3 is 2.96 bits per heavy atom. The summed E-state index contributed by atoms with van der Waals surface area (Å²) < 4.78 is 11.8. The van der Waals surface area contributed by atoms with Gasteiger partial charge in [-0.15, -0.1) is 0 Å². The number of pyridine rings is 2. The van der Waals surface area contributed by atoms with E-state index in [2.05, 4.69) is 9.98 Å². The Labute approximate surface area is 137 Å². The number of aryl methyl sites for hydroxylation is 2. The highest BCUT2D eigenvalue weighted by molar-refractivity contribution is 6.07. The lowest BCUT2D eigenvalue weighted by atomic mass is 10.1. The summed E-state index contributed by atoms with van der Waals surface area (Å²) in [5.41, 5.74) is 1.45. The van der Waals surface area contributed by atoms with Gasteiger partial charge in [-0.05, 0) is 24.6 Å². The van der Waals surface area contributed by atoms with E-state index in [9.17, 15) is 10.0 Å². The first-order chi connectivity index (χ1) is 11.5. The first-order valence-electron chi connectivity index (χ1n) is 7.46. The van der Waals surface area contributed by atoms with E-state index < -0.39 is 5.91 Å². The largest absolute Gasteiger partial charge is 0.478 e. The highest BCUT2D eigenvalue weighted by Gasteiger charge is 2.18. The van der Waals surface area contributed by atoms with Gasteiger partial charge >= 0.3 is 0 Å². The smallest absolute Gasteiger partial charge is 0.279 e. The minimum atomic E-state index is -0.433. The van der Waals surface area contributed by atoms with E-state index in [0.717, 1.165) is 10.5 Å². The van der Waals surface area contributed by atoms with E-state index in [0.29, 0.717) is 39.8 Å². The molecular weight excluding hydrogens is 310 g/mol. The van der Waals surface area contributed by atoms with Crippen molar-refractivity contribution >= 4 is 16.9 Å². The molecule has 0 saturated heterocycles. The SMILES string of the molecule is CCc1cc2c(C(=O)N=c3ccn(O)cc3C)cnc(OC)c2o1. The number of methoxy groups -OCH3 is 1. The zero-order chi connectivity index (χ0) is 17.3. The van der Waals surface area contributed by atoms with E-state index in [1.165, 1.54) is 25.7 Å². The maximum absolute atomic E-state index is 12.6. The van der Waals surface area contributed by atoms with Crippen LogP contribution in [0.3, 0.4) is 0 Å². The van der Waals surface area contributed by atoms with Crippen LogP contribution in [0.25, 0.3) is 11.0 Å². The second-order valence-electron chi connectivity index (χ2n) is 5.30. The van der Waals surface area contributed by atoms with Crippen molar-refractivity contribution in [2.45, 2.75) is 20.3 Å². The second kappa shape index (κ2) is 6.19. The van der Waals surface area contributed by atoms with E-state index in [1.54, 1.807) is 13.0 Å². The van der Waals surface area contributed by atoms with Crippen molar-refractivity contribution in [2.75, 3.05) is 7.11 Å². The molecule has 0 spiro atoms. The zero-order valence-corrected chi connectivity index (χ0v) is 13.6. The summed E-state index contributed by atoms with van der Waals surface area (Å²) in [6.07, 6.45) is 5.01. The molecule has 7 heteroatoms. The average Bonchev–Trinajstić information content (AvgIpc) is 3.00. The number of rotatable bonds is 3. The molecule has 0 bridgehead atoms. The number of carbonyl (C=O) groups is 1. The maximum atomic E-state index is 12.6. The van der Waals surface area contributed by atoms with Crippen LogP contribution >= 0.6 is 0 Å². The van der Waals surface area contributed by atoms with Crippen molar-refractivity contribution in [1.29, 1.82) is 0 Å². The number of carbonyl (C=O) groups excluding carboxylic acids is 1. The number of aromatic nitrogens is 2. The molecule has 24 heavy (non-hydrogen) atoms.